The summed E-state index contributed by atoms with van der Waals surface area (Å²) in [4.78, 5) is 16.1. The highest BCUT2D eigenvalue weighted by Crippen LogP contribution is 2.16. The number of nitrogens with one attached hydrogen (secondary N) is 3. The summed E-state index contributed by atoms with van der Waals surface area (Å²) < 4.78 is 24.3. The van der Waals surface area contributed by atoms with Crippen LogP contribution in [0.2, 0.25) is 0 Å². The van der Waals surface area contributed by atoms with E-state index in [0.29, 0.717) is 31.4 Å². The topological polar surface area (TPSA) is 87.9 Å². The number of hydrogen-bond donors (Lipinski definition) is 3. The van der Waals surface area contributed by atoms with E-state index in [2.05, 4.69) is 20.9 Å². The molecule has 1 aromatic carbocycles. The van der Waals surface area contributed by atoms with Crippen LogP contribution in [0, 0.1) is 5.82 Å². The second kappa shape index (κ2) is 10.8. The van der Waals surface area contributed by atoms with E-state index in [1.807, 2.05) is 13.8 Å². The number of para-hydroxylation sites is 1. The van der Waals surface area contributed by atoms with Crippen LogP contribution in [0.3, 0.4) is 0 Å². The third-order valence-corrected chi connectivity index (χ3v) is 3.49. The first-order chi connectivity index (χ1) is 13.1. The molecule has 0 aliphatic rings. The summed E-state index contributed by atoms with van der Waals surface area (Å²) in [6.45, 7) is 5.07. The Labute approximate surface area is 158 Å². The molecule has 1 atom stereocenters. The summed E-state index contributed by atoms with van der Waals surface area (Å²) in [7, 11) is 0. The molecule has 1 heterocycles. The number of rotatable bonds is 9. The van der Waals surface area contributed by atoms with Crippen LogP contribution in [-0.4, -0.2) is 37.6 Å². The van der Waals surface area contributed by atoms with E-state index < -0.39 is 5.82 Å². The minimum Gasteiger partial charge on any atom is -0.486 e. The van der Waals surface area contributed by atoms with Crippen molar-refractivity contribution in [3.05, 3.63) is 54.2 Å². The number of amides is 1. The van der Waals surface area contributed by atoms with Crippen LogP contribution in [0.25, 0.3) is 0 Å². The van der Waals surface area contributed by atoms with Crippen molar-refractivity contribution in [2.24, 2.45) is 4.99 Å². The number of benzene rings is 1. The zero-order valence-corrected chi connectivity index (χ0v) is 15.5. The number of aliphatic imine (C=N–C) groups is 1. The summed E-state index contributed by atoms with van der Waals surface area (Å²) in [5.74, 6) is 0.731. The number of carbonyl (C=O) groups excluding carboxylic acids is 1. The molecule has 1 amide bonds. The Hall–Kier alpha value is -3.03. The molecule has 2 aromatic rings. The van der Waals surface area contributed by atoms with Gasteiger partial charge in [0.15, 0.2) is 17.5 Å². The fourth-order valence-corrected chi connectivity index (χ4v) is 2.19. The molecule has 1 unspecified atom stereocenters. The molecule has 0 saturated heterocycles. The Kier molecular flexibility index (Phi) is 8.15. The highest BCUT2D eigenvalue weighted by molar-refractivity contribution is 5.84. The van der Waals surface area contributed by atoms with Crippen LogP contribution in [0.1, 0.15) is 19.6 Å². The van der Waals surface area contributed by atoms with Crippen LogP contribution < -0.4 is 20.7 Å². The van der Waals surface area contributed by atoms with E-state index in [9.17, 15) is 9.18 Å². The molecule has 3 N–H and O–H groups in total. The lowest BCUT2D eigenvalue weighted by molar-refractivity contribution is -0.119. The van der Waals surface area contributed by atoms with Crippen LogP contribution in [0.4, 0.5) is 4.39 Å². The number of guanidine groups is 1. The van der Waals surface area contributed by atoms with Gasteiger partial charge in [0, 0.05) is 6.54 Å². The normalized spacial score (nSPS) is 12.3. The van der Waals surface area contributed by atoms with Gasteiger partial charge in [0.2, 0.25) is 5.91 Å². The first-order valence-electron chi connectivity index (χ1n) is 8.81. The van der Waals surface area contributed by atoms with Crippen LogP contribution in [0.15, 0.2) is 52.1 Å². The fourth-order valence-electron chi connectivity index (χ4n) is 2.19. The summed E-state index contributed by atoms with van der Waals surface area (Å²) >= 11 is 0. The Bertz CT molecular complexity index is 734. The van der Waals surface area contributed by atoms with Crippen LogP contribution in [-0.2, 0) is 11.3 Å². The maximum Gasteiger partial charge on any atom is 0.242 e. The number of furan rings is 1. The zero-order valence-electron chi connectivity index (χ0n) is 15.5. The Morgan fingerprint density at radius 2 is 2.04 bits per heavy atom. The second-order valence-corrected chi connectivity index (χ2v) is 5.79. The van der Waals surface area contributed by atoms with Crippen molar-refractivity contribution < 1.29 is 18.3 Å². The van der Waals surface area contributed by atoms with Gasteiger partial charge in [-0.2, -0.15) is 0 Å². The van der Waals surface area contributed by atoms with Crippen molar-refractivity contribution in [1.29, 1.82) is 0 Å². The van der Waals surface area contributed by atoms with E-state index in [1.165, 1.54) is 6.07 Å². The molecule has 0 bridgehead atoms. The highest BCUT2D eigenvalue weighted by atomic mass is 19.1. The molecule has 7 nitrogen and oxygen atoms in total. The molecule has 1 aromatic heterocycles. The molecule has 0 fully saturated rings. The number of nitrogens with zero attached hydrogens (tertiary/aromatic N) is 1. The van der Waals surface area contributed by atoms with Gasteiger partial charge < -0.3 is 25.1 Å². The number of ether oxygens (including phenoxy) is 1. The summed E-state index contributed by atoms with van der Waals surface area (Å²) in [6.07, 6.45) is 1.26. The van der Waals surface area contributed by atoms with E-state index >= 15 is 0 Å². The van der Waals surface area contributed by atoms with Gasteiger partial charge in [0.1, 0.15) is 18.4 Å². The van der Waals surface area contributed by atoms with E-state index in [0.717, 1.165) is 0 Å². The van der Waals surface area contributed by atoms with Gasteiger partial charge in [0.05, 0.1) is 19.4 Å². The van der Waals surface area contributed by atoms with Gasteiger partial charge in [-0.25, -0.2) is 9.38 Å². The summed E-state index contributed by atoms with van der Waals surface area (Å²) in [5, 5.41) is 8.85. The predicted molar refractivity (Wildman–Crippen MR) is 101 cm³/mol. The predicted octanol–water partition coefficient (Wildman–Crippen LogP) is 2.06. The molecule has 0 spiro atoms. The van der Waals surface area contributed by atoms with Gasteiger partial charge in [-0.1, -0.05) is 12.1 Å². The van der Waals surface area contributed by atoms with E-state index in [1.54, 1.807) is 36.6 Å². The molecule has 8 heteroatoms. The lowest BCUT2D eigenvalue weighted by atomic mass is 10.3. The molecule has 146 valence electrons. The lowest BCUT2D eigenvalue weighted by Gasteiger charge is -2.18. The average molecular weight is 376 g/mol. The third-order valence-electron chi connectivity index (χ3n) is 3.49. The van der Waals surface area contributed by atoms with E-state index in [4.69, 9.17) is 9.15 Å². The molecule has 27 heavy (non-hydrogen) atoms. The number of halogens is 1. The minimum atomic E-state index is -0.404. The van der Waals surface area contributed by atoms with Crippen LogP contribution >= 0.6 is 0 Å². The third kappa shape index (κ3) is 7.39. The maximum absolute atomic E-state index is 13.6. The van der Waals surface area contributed by atoms with Gasteiger partial charge in [0.25, 0.3) is 0 Å². The molecular formula is C19H25FN4O3. The van der Waals surface area contributed by atoms with Crippen molar-refractivity contribution in [3.8, 4) is 5.75 Å². The standard InChI is InChI=1S/C19H25FN4O3/c1-3-21-19(24-13-18(25)22-12-15-7-6-10-26-15)23-11-14(2)27-17-9-5-4-8-16(17)20/h4-10,14H,3,11-13H2,1-2H3,(H,22,25)(H2,21,23,24). The van der Waals surface area contributed by atoms with Crippen molar-refractivity contribution in [1.82, 2.24) is 16.0 Å². The van der Waals surface area contributed by atoms with Gasteiger partial charge in [-0.05, 0) is 38.1 Å². The molecule has 2 rings (SSSR count). The van der Waals surface area contributed by atoms with Gasteiger partial charge in [-0.3, -0.25) is 4.79 Å². The minimum absolute atomic E-state index is 0.0292. The number of hydrogen-bond acceptors (Lipinski definition) is 4. The zero-order chi connectivity index (χ0) is 19.5. The Balaban J connectivity index is 1.78. The monoisotopic (exact) mass is 376 g/mol. The van der Waals surface area contributed by atoms with E-state index in [-0.39, 0.29) is 24.3 Å². The van der Waals surface area contributed by atoms with Crippen molar-refractivity contribution >= 4 is 11.9 Å². The summed E-state index contributed by atoms with van der Waals surface area (Å²) in [5.41, 5.74) is 0. The fraction of sp³-hybridized carbons (Fsp3) is 0.368. The first kappa shape index (κ1) is 20.3. The Morgan fingerprint density at radius 1 is 1.22 bits per heavy atom. The first-order valence-corrected chi connectivity index (χ1v) is 8.81. The highest BCUT2D eigenvalue weighted by Gasteiger charge is 2.09. The molecule has 0 saturated carbocycles. The largest absolute Gasteiger partial charge is 0.486 e. The number of carbonyl (C=O) groups is 1. The van der Waals surface area contributed by atoms with Crippen molar-refractivity contribution in [2.75, 3.05) is 19.6 Å². The maximum atomic E-state index is 13.6. The summed E-state index contributed by atoms with van der Waals surface area (Å²) in [6, 6.07) is 9.80. The Morgan fingerprint density at radius 3 is 2.74 bits per heavy atom. The molecule has 0 aliphatic heterocycles. The van der Waals surface area contributed by atoms with Crippen molar-refractivity contribution in [3.63, 3.8) is 0 Å². The van der Waals surface area contributed by atoms with Gasteiger partial charge >= 0.3 is 0 Å². The average Bonchev–Trinajstić information content (AvgIpc) is 3.18. The molecule has 0 aliphatic carbocycles. The SMILES string of the molecule is CCNC(=NCC(=O)NCc1ccco1)NCC(C)Oc1ccccc1F. The second-order valence-electron chi connectivity index (χ2n) is 5.79. The molecule has 0 radical (unpaired) electrons. The van der Waals surface area contributed by atoms with Crippen molar-refractivity contribution in [2.45, 2.75) is 26.5 Å². The lowest BCUT2D eigenvalue weighted by Crippen LogP contribution is -2.42. The molecular weight excluding hydrogens is 351 g/mol. The van der Waals surface area contributed by atoms with Crippen LogP contribution in [0.5, 0.6) is 5.75 Å². The van der Waals surface area contributed by atoms with Gasteiger partial charge in [-0.15, -0.1) is 0 Å². The smallest absolute Gasteiger partial charge is 0.242 e. The quantitative estimate of drug-likeness (QED) is 0.461.